The molecule has 0 saturated heterocycles. The number of para-hydroxylation sites is 1. The summed E-state index contributed by atoms with van der Waals surface area (Å²) in [7, 11) is 0. The van der Waals surface area contributed by atoms with Gasteiger partial charge in [-0.2, -0.15) is 5.10 Å². The highest BCUT2D eigenvalue weighted by Gasteiger charge is 2.40. The minimum absolute atomic E-state index is 0.210. The molecule has 0 N–H and O–H groups in total. The summed E-state index contributed by atoms with van der Waals surface area (Å²) in [4.78, 5) is 12.4. The zero-order valence-corrected chi connectivity index (χ0v) is 12.1. The third kappa shape index (κ3) is 2.41. The summed E-state index contributed by atoms with van der Waals surface area (Å²) in [5, 5.41) is 4.45. The van der Waals surface area contributed by atoms with Crippen molar-refractivity contribution in [1.29, 1.82) is 0 Å². The molecule has 2 bridgehead atoms. The van der Waals surface area contributed by atoms with Crippen LogP contribution in [0.4, 0.5) is 0 Å². The summed E-state index contributed by atoms with van der Waals surface area (Å²) in [5.41, 5.74) is 1.61. The van der Waals surface area contributed by atoms with Crippen LogP contribution in [0.1, 0.15) is 42.6 Å². The minimum atomic E-state index is 0.210. The van der Waals surface area contributed by atoms with Gasteiger partial charge in [0.25, 0.3) is 0 Å². The fourth-order valence-electron chi connectivity index (χ4n) is 4.17. The number of benzene rings is 1. The van der Waals surface area contributed by atoms with Crippen molar-refractivity contribution in [3.63, 3.8) is 0 Å². The van der Waals surface area contributed by atoms with E-state index in [1.807, 2.05) is 42.6 Å². The maximum Gasteiger partial charge on any atom is 0.183 e. The molecular weight excluding hydrogens is 260 g/mol. The van der Waals surface area contributed by atoms with E-state index in [4.69, 9.17) is 0 Å². The first-order valence-corrected chi connectivity index (χ1v) is 7.94. The van der Waals surface area contributed by atoms with Crippen LogP contribution in [-0.4, -0.2) is 15.6 Å². The molecule has 0 spiro atoms. The highest BCUT2D eigenvalue weighted by molar-refractivity contribution is 5.94. The van der Waals surface area contributed by atoms with Crippen molar-refractivity contribution in [3.8, 4) is 5.69 Å². The number of aromatic nitrogens is 2. The normalized spacial score (nSPS) is 27.1. The number of ketones is 1. The second-order valence-corrected chi connectivity index (χ2v) is 6.54. The number of carbonyl (C=O) groups is 1. The molecule has 0 amide bonds. The zero-order chi connectivity index (χ0) is 14.2. The third-order valence-electron chi connectivity index (χ3n) is 5.23. The Kier molecular flexibility index (Phi) is 3.13. The van der Waals surface area contributed by atoms with Crippen molar-refractivity contribution in [1.82, 2.24) is 9.78 Å². The average molecular weight is 280 g/mol. The predicted molar refractivity (Wildman–Crippen MR) is 81.4 cm³/mol. The van der Waals surface area contributed by atoms with E-state index in [-0.39, 0.29) is 5.78 Å². The SMILES string of the molecule is O=C(CC1CC2CCC1C2)c1ccn(-c2ccccc2)n1. The van der Waals surface area contributed by atoms with E-state index >= 15 is 0 Å². The second kappa shape index (κ2) is 5.14. The third-order valence-corrected chi connectivity index (χ3v) is 5.23. The predicted octanol–water partition coefficient (Wildman–Crippen LogP) is 3.88. The molecule has 2 aromatic rings. The zero-order valence-electron chi connectivity index (χ0n) is 12.1. The van der Waals surface area contributed by atoms with E-state index < -0.39 is 0 Å². The monoisotopic (exact) mass is 280 g/mol. The Morgan fingerprint density at radius 1 is 1.14 bits per heavy atom. The number of rotatable bonds is 4. The van der Waals surface area contributed by atoms with Crippen molar-refractivity contribution in [2.24, 2.45) is 17.8 Å². The molecular formula is C18H20N2O. The number of nitrogens with zero attached hydrogens (tertiary/aromatic N) is 2. The van der Waals surface area contributed by atoms with Crippen LogP contribution >= 0.6 is 0 Å². The summed E-state index contributed by atoms with van der Waals surface area (Å²) in [6.07, 6.45) is 7.90. The minimum Gasteiger partial charge on any atom is -0.292 e. The van der Waals surface area contributed by atoms with Gasteiger partial charge >= 0.3 is 0 Å². The van der Waals surface area contributed by atoms with E-state index in [9.17, 15) is 4.79 Å². The molecule has 108 valence electrons. The smallest absolute Gasteiger partial charge is 0.183 e. The lowest BCUT2D eigenvalue weighted by Gasteiger charge is -2.20. The first kappa shape index (κ1) is 12.8. The molecule has 2 fully saturated rings. The van der Waals surface area contributed by atoms with E-state index in [2.05, 4.69) is 5.10 Å². The number of hydrogen-bond acceptors (Lipinski definition) is 2. The first-order chi connectivity index (χ1) is 10.3. The van der Waals surface area contributed by atoms with E-state index in [1.54, 1.807) is 4.68 Å². The van der Waals surface area contributed by atoms with Gasteiger partial charge in [-0.15, -0.1) is 0 Å². The van der Waals surface area contributed by atoms with Crippen LogP contribution in [0, 0.1) is 17.8 Å². The molecule has 2 saturated carbocycles. The maximum absolute atomic E-state index is 12.4. The Hall–Kier alpha value is -1.90. The number of carbonyl (C=O) groups excluding carboxylic acids is 1. The van der Waals surface area contributed by atoms with Gasteiger partial charge in [0, 0.05) is 12.6 Å². The Morgan fingerprint density at radius 3 is 2.71 bits per heavy atom. The second-order valence-electron chi connectivity index (χ2n) is 6.54. The van der Waals surface area contributed by atoms with Gasteiger partial charge in [-0.05, 0) is 55.2 Å². The molecule has 3 nitrogen and oxygen atoms in total. The summed E-state index contributed by atoms with van der Waals surface area (Å²) in [6.45, 7) is 0. The summed E-state index contributed by atoms with van der Waals surface area (Å²) < 4.78 is 1.79. The number of hydrogen-bond donors (Lipinski definition) is 0. The van der Waals surface area contributed by atoms with Gasteiger partial charge in [0.15, 0.2) is 5.78 Å². The van der Waals surface area contributed by atoms with E-state index in [0.29, 0.717) is 18.0 Å². The van der Waals surface area contributed by atoms with Crippen molar-refractivity contribution < 1.29 is 4.79 Å². The van der Waals surface area contributed by atoms with Crippen molar-refractivity contribution >= 4 is 5.78 Å². The van der Waals surface area contributed by atoms with Crippen molar-refractivity contribution in [2.45, 2.75) is 32.1 Å². The molecule has 21 heavy (non-hydrogen) atoms. The van der Waals surface area contributed by atoms with Crippen LogP contribution in [0.25, 0.3) is 5.69 Å². The van der Waals surface area contributed by atoms with Gasteiger partial charge in [0.1, 0.15) is 5.69 Å². The highest BCUT2D eigenvalue weighted by atomic mass is 16.1. The summed E-state index contributed by atoms with van der Waals surface area (Å²) in [5.74, 6) is 2.52. The van der Waals surface area contributed by atoms with Crippen LogP contribution in [0.15, 0.2) is 42.6 Å². The van der Waals surface area contributed by atoms with Crippen molar-refractivity contribution in [3.05, 3.63) is 48.3 Å². The molecule has 4 rings (SSSR count). The first-order valence-electron chi connectivity index (χ1n) is 7.94. The topological polar surface area (TPSA) is 34.9 Å². The van der Waals surface area contributed by atoms with Crippen molar-refractivity contribution in [2.75, 3.05) is 0 Å². The Balaban J connectivity index is 1.47. The maximum atomic E-state index is 12.4. The van der Waals surface area contributed by atoms with Gasteiger partial charge in [-0.25, -0.2) is 4.68 Å². The van der Waals surface area contributed by atoms with Crippen LogP contribution in [-0.2, 0) is 0 Å². The number of Topliss-reactive ketones (excluding diaryl/α,β-unsaturated/α-hetero) is 1. The molecule has 3 atom stereocenters. The Morgan fingerprint density at radius 2 is 2.00 bits per heavy atom. The Bertz CT molecular complexity index is 646. The van der Waals surface area contributed by atoms with E-state index in [0.717, 1.165) is 17.5 Å². The molecule has 3 heteroatoms. The van der Waals surface area contributed by atoms with Gasteiger partial charge < -0.3 is 0 Å². The van der Waals surface area contributed by atoms with Gasteiger partial charge in [-0.1, -0.05) is 24.6 Å². The quantitative estimate of drug-likeness (QED) is 0.797. The molecule has 0 aliphatic heterocycles. The van der Waals surface area contributed by atoms with Crippen LogP contribution < -0.4 is 0 Å². The molecule has 1 aromatic heterocycles. The molecule has 1 heterocycles. The summed E-state index contributed by atoms with van der Waals surface area (Å²) >= 11 is 0. The lowest BCUT2D eigenvalue weighted by molar-refractivity contribution is 0.0939. The summed E-state index contributed by atoms with van der Waals surface area (Å²) in [6, 6.07) is 11.8. The molecule has 2 aliphatic carbocycles. The fraction of sp³-hybridized carbons (Fsp3) is 0.444. The number of fused-ring (bicyclic) bond motifs is 2. The Labute approximate surface area is 125 Å². The van der Waals surface area contributed by atoms with Gasteiger partial charge in [-0.3, -0.25) is 4.79 Å². The van der Waals surface area contributed by atoms with Crippen LogP contribution in [0.5, 0.6) is 0 Å². The highest BCUT2D eigenvalue weighted by Crippen LogP contribution is 2.49. The van der Waals surface area contributed by atoms with Gasteiger partial charge in [0.2, 0.25) is 0 Å². The standard InChI is InChI=1S/C18H20N2O/c21-18(12-15-11-13-6-7-14(15)10-13)17-8-9-20(19-17)16-4-2-1-3-5-16/h1-5,8-9,13-15H,6-7,10-12H2. The largest absolute Gasteiger partial charge is 0.292 e. The molecule has 2 aliphatic rings. The molecule has 3 unspecified atom stereocenters. The lowest BCUT2D eigenvalue weighted by atomic mass is 9.85. The van der Waals surface area contributed by atoms with Crippen LogP contribution in [0.2, 0.25) is 0 Å². The average Bonchev–Trinajstić information content (AvgIpc) is 3.24. The van der Waals surface area contributed by atoms with E-state index in [1.165, 1.54) is 25.7 Å². The fourth-order valence-corrected chi connectivity index (χ4v) is 4.17. The molecule has 0 radical (unpaired) electrons. The van der Waals surface area contributed by atoms with Crippen LogP contribution in [0.3, 0.4) is 0 Å². The lowest BCUT2D eigenvalue weighted by Crippen LogP contribution is -2.15. The molecule has 1 aromatic carbocycles. The van der Waals surface area contributed by atoms with Gasteiger partial charge in [0.05, 0.1) is 5.69 Å².